The van der Waals surface area contributed by atoms with Crippen molar-refractivity contribution in [1.82, 2.24) is 4.98 Å². The minimum atomic E-state index is -0.198. The fourth-order valence-electron chi connectivity index (χ4n) is 3.22. The van der Waals surface area contributed by atoms with Crippen LogP contribution in [0, 0.1) is 29.1 Å². The lowest BCUT2D eigenvalue weighted by molar-refractivity contribution is -0.155. The van der Waals surface area contributed by atoms with E-state index >= 15 is 0 Å². The highest BCUT2D eigenvalue weighted by Gasteiger charge is 2.33. The number of rotatable bonds is 4. The Balaban J connectivity index is 1.95. The third-order valence-electron chi connectivity index (χ3n) is 4.53. The first-order chi connectivity index (χ1) is 10.5. The number of pyridine rings is 1. The standard InChI is InChI=1S/C18H24N2O2/c1-12(2)16-7-4-13(3)8-17(16)22-18(21)9-14-5-6-15(10-19)20-11-14/h5-6,11-13,16-17H,4,7-9H2,1-3H3/t13-,16+,17-/m1/s1. The van der Waals surface area contributed by atoms with E-state index in [1.54, 1.807) is 18.3 Å². The normalized spacial score (nSPS) is 24.8. The molecule has 4 heteroatoms. The summed E-state index contributed by atoms with van der Waals surface area (Å²) in [4.78, 5) is 16.2. The molecular formula is C18H24N2O2. The summed E-state index contributed by atoms with van der Waals surface area (Å²) in [6.45, 7) is 6.62. The predicted molar refractivity (Wildman–Crippen MR) is 83.9 cm³/mol. The summed E-state index contributed by atoms with van der Waals surface area (Å²) in [6, 6.07) is 5.36. The van der Waals surface area contributed by atoms with E-state index in [0.717, 1.165) is 18.4 Å². The molecule has 118 valence electrons. The van der Waals surface area contributed by atoms with Gasteiger partial charge in [-0.1, -0.05) is 33.3 Å². The van der Waals surface area contributed by atoms with Crippen molar-refractivity contribution in [2.45, 2.75) is 52.6 Å². The molecule has 2 rings (SSSR count). The Labute approximate surface area is 132 Å². The molecule has 1 aliphatic rings. The van der Waals surface area contributed by atoms with E-state index < -0.39 is 0 Å². The van der Waals surface area contributed by atoms with Crippen molar-refractivity contribution in [1.29, 1.82) is 5.26 Å². The lowest BCUT2D eigenvalue weighted by Gasteiger charge is -2.36. The van der Waals surface area contributed by atoms with E-state index in [-0.39, 0.29) is 18.5 Å². The molecule has 0 amide bonds. The van der Waals surface area contributed by atoms with Gasteiger partial charge in [0.25, 0.3) is 0 Å². The van der Waals surface area contributed by atoms with Crippen LogP contribution in [0.2, 0.25) is 0 Å². The predicted octanol–water partition coefficient (Wildman–Crippen LogP) is 3.50. The zero-order valence-electron chi connectivity index (χ0n) is 13.6. The van der Waals surface area contributed by atoms with E-state index in [1.165, 1.54) is 6.42 Å². The molecule has 1 aliphatic carbocycles. The molecule has 3 atom stereocenters. The molecule has 1 aromatic rings. The van der Waals surface area contributed by atoms with Crippen LogP contribution in [0.15, 0.2) is 18.3 Å². The third-order valence-corrected chi connectivity index (χ3v) is 4.53. The van der Waals surface area contributed by atoms with Crippen molar-refractivity contribution in [3.63, 3.8) is 0 Å². The zero-order chi connectivity index (χ0) is 16.1. The fourth-order valence-corrected chi connectivity index (χ4v) is 3.22. The van der Waals surface area contributed by atoms with Crippen molar-refractivity contribution < 1.29 is 9.53 Å². The number of aromatic nitrogens is 1. The molecule has 1 aromatic heterocycles. The Morgan fingerprint density at radius 1 is 1.45 bits per heavy atom. The first kappa shape index (κ1) is 16.5. The number of carbonyl (C=O) groups is 1. The van der Waals surface area contributed by atoms with Crippen molar-refractivity contribution in [2.24, 2.45) is 17.8 Å². The minimum absolute atomic E-state index is 0.0302. The highest BCUT2D eigenvalue weighted by molar-refractivity contribution is 5.72. The maximum atomic E-state index is 12.2. The summed E-state index contributed by atoms with van der Waals surface area (Å²) in [5, 5.41) is 8.73. The molecule has 0 bridgehead atoms. The molecule has 1 saturated carbocycles. The van der Waals surface area contributed by atoms with E-state index in [0.29, 0.717) is 23.4 Å². The van der Waals surface area contributed by atoms with E-state index in [9.17, 15) is 4.79 Å². The van der Waals surface area contributed by atoms with Gasteiger partial charge in [0.1, 0.15) is 17.9 Å². The molecular weight excluding hydrogens is 276 g/mol. The van der Waals surface area contributed by atoms with Crippen LogP contribution in [0.1, 0.15) is 51.3 Å². The quantitative estimate of drug-likeness (QED) is 0.798. The summed E-state index contributed by atoms with van der Waals surface area (Å²) < 4.78 is 5.76. The second kappa shape index (κ2) is 7.40. The van der Waals surface area contributed by atoms with Crippen LogP contribution in [0.3, 0.4) is 0 Å². The Morgan fingerprint density at radius 3 is 2.82 bits per heavy atom. The van der Waals surface area contributed by atoms with Gasteiger partial charge < -0.3 is 4.74 Å². The average molecular weight is 300 g/mol. The highest BCUT2D eigenvalue weighted by atomic mass is 16.5. The topological polar surface area (TPSA) is 63.0 Å². The second-order valence-electron chi connectivity index (χ2n) is 6.69. The van der Waals surface area contributed by atoms with Gasteiger partial charge in [-0.15, -0.1) is 0 Å². The lowest BCUT2D eigenvalue weighted by atomic mass is 9.75. The Morgan fingerprint density at radius 2 is 2.23 bits per heavy atom. The van der Waals surface area contributed by atoms with Gasteiger partial charge in [-0.2, -0.15) is 5.26 Å². The maximum absolute atomic E-state index is 12.2. The van der Waals surface area contributed by atoms with Gasteiger partial charge in [0.15, 0.2) is 0 Å². The van der Waals surface area contributed by atoms with E-state index in [2.05, 4.69) is 25.8 Å². The van der Waals surface area contributed by atoms with E-state index in [1.807, 2.05) is 6.07 Å². The Hall–Kier alpha value is -1.89. The van der Waals surface area contributed by atoms with Gasteiger partial charge in [0.05, 0.1) is 6.42 Å². The van der Waals surface area contributed by atoms with Crippen LogP contribution in [-0.2, 0) is 16.0 Å². The first-order valence-electron chi connectivity index (χ1n) is 8.04. The molecule has 1 heterocycles. The number of nitrogens with zero attached hydrogens (tertiary/aromatic N) is 2. The SMILES string of the molecule is CC(C)[C@@H]1CC[C@@H](C)C[C@H]1OC(=O)Cc1ccc(C#N)nc1. The molecule has 0 radical (unpaired) electrons. The van der Waals surface area contributed by atoms with Crippen molar-refractivity contribution in [3.05, 3.63) is 29.6 Å². The molecule has 0 aromatic carbocycles. The molecule has 0 saturated heterocycles. The van der Waals surface area contributed by atoms with Gasteiger partial charge in [-0.05, 0) is 42.2 Å². The van der Waals surface area contributed by atoms with Gasteiger partial charge in [-0.3, -0.25) is 4.79 Å². The number of ether oxygens (including phenoxy) is 1. The van der Waals surface area contributed by atoms with Crippen LogP contribution < -0.4 is 0 Å². The van der Waals surface area contributed by atoms with Crippen molar-refractivity contribution >= 4 is 5.97 Å². The molecule has 0 aliphatic heterocycles. The molecule has 4 nitrogen and oxygen atoms in total. The van der Waals surface area contributed by atoms with Crippen LogP contribution in [0.5, 0.6) is 0 Å². The first-order valence-corrected chi connectivity index (χ1v) is 8.04. The second-order valence-corrected chi connectivity index (χ2v) is 6.69. The highest BCUT2D eigenvalue weighted by Crippen LogP contribution is 2.35. The van der Waals surface area contributed by atoms with Crippen molar-refractivity contribution in [2.75, 3.05) is 0 Å². The minimum Gasteiger partial charge on any atom is -0.462 e. The number of hydrogen-bond donors (Lipinski definition) is 0. The van der Waals surface area contributed by atoms with Crippen LogP contribution >= 0.6 is 0 Å². The summed E-state index contributed by atoms with van der Waals surface area (Å²) >= 11 is 0. The molecule has 0 spiro atoms. The van der Waals surface area contributed by atoms with Gasteiger partial charge in [0.2, 0.25) is 0 Å². The maximum Gasteiger partial charge on any atom is 0.310 e. The van der Waals surface area contributed by atoms with Crippen LogP contribution in [0.25, 0.3) is 0 Å². The summed E-state index contributed by atoms with van der Waals surface area (Å²) in [6.07, 6.45) is 5.13. The molecule has 1 fully saturated rings. The summed E-state index contributed by atoms with van der Waals surface area (Å²) in [7, 11) is 0. The van der Waals surface area contributed by atoms with Crippen molar-refractivity contribution in [3.8, 4) is 6.07 Å². The van der Waals surface area contributed by atoms with Crippen LogP contribution in [-0.4, -0.2) is 17.1 Å². The zero-order valence-corrected chi connectivity index (χ0v) is 13.6. The third kappa shape index (κ3) is 4.30. The number of carbonyl (C=O) groups excluding carboxylic acids is 1. The smallest absolute Gasteiger partial charge is 0.310 e. The summed E-state index contributed by atoms with van der Waals surface area (Å²) in [5.41, 5.74) is 1.15. The average Bonchev–Trinajstić information content (AvgIpc) is 2.47. The van der Waals surface area contributed by atoms with E-state index in [4.69, 9.17) is 10.00 Å². The number of nitriles is 1. The lowest BCUT2D eigenvalue weighted by Crippen LogP contribution is -2.36. The van der Waals surface area contributed by atoms with Crippen LogP contribution in [0.4, 0.5) is 0 Å². The largest absolute Gasteiger partial charge is 0.462 e. The van der Waals surface area contributed by atoms with Gasteiger partial charge in [-0.25, -0.2) is 4.98 Å². The monoisotopic (exact) mass is 300 g/mol. The summed E-state index contributed by atoms with van der Waals surface area (Å²) in [5.74, 6) is 1.40. The van der Waals surface area contributed by atoms with Gasteiger partial charge >= 0.3 is 5.97 Å². The number of hydrogen-bond acceptors (Lipinski definition) is 4. The molecule has 0 unspecified atom stereocenters. The Kier molecular flexibility index (Phi) is 5.54. The fraction of sp³-hybridized carbons (Fsp3) is 0.611. The van der Waals surface area contributed by atoms with Gasteiger partial charge in [0, 0.05) is 6.20 Å². The number of esters is 1. The Bertz CT molecular complexity index is 545. The molecule has 22 heavy (non-hydrogen) atoms. The molecule has 0 N–H and O–H groups in total.